The third-order valence-electron chi connectivity index (χ3n) is 8.87. The highest BCUT2D eigenvalue weighted by atomic mass is 15.2. The lowest BCUT2D eigenvalue weighted by molar-refractivity contribution is 0.185. The molecule has 0 unspecified atom stereocenters. The molecule has 188 valence electrons. The van der Waals surface area contributed by atoms with Crippen LogP contribution in [-0.2, 0) is 5.41 Å². The van der Waals surface area contributed by atoms with Gasteiger partial charge in [0.15, 0.2) is 0 Å². The number of nitrogens with one attached hydrogen (secondary N) is 1. The number of aromatic nitrogens is 4. The molecule has 1 N–H and O–H groups in total. The van der Waals surface area contributed by atoms with Gasteiger partial charge >= 0.3 is 0 Å². The second-order valence-electron chi connectivity index (χ2n) is 11.8. The lowest BCUT2D eigenvalue weighted by Crippen LogP contribution is -2.42. The number of rotatable bonds is 4. The number of pyridine rings is 2. The molecule has 6 rings (SSSR count). The second kappa shape index (κ2) is 8.80. The maximum Gasteiger partial charge on any atom is 0.228 e. The molecular formula is C29H37N7. The van der Waals surface area contributed by atoms with Gasteiger partial charge in [-0.2, -0.15) is 0 Å². The van der Waals surface area contributed by atoms with Crippen molar-refractivity contribution in [3.05, 3.63) is 54.2 Å². The fourth-order valence-corrected chi connectivity index (χ4v) is 6.40. The molecule has 3 aliphatic rings. The minimum Gasteiger partial charge on any atom is -0.370 e. The average molecular weight is 484 g/mol. The first-order valence-corrected chi connectivity index (χ1v) is 13.3. The van der Waals surface area contributed by atoms with Crippen molar-refractivity contribution in [2.24, 2.45) is 5.41 Å². The zero-order valence-electron chi connectivity index (χ0n) is 22.0. The van der Waals surface area contributed by atoms with Gasteiger partial charge in [0.25, 0.3) is 0 Å². The van der Waals surface area contributed by atoms with Gasteiger partial charge < -0.3 is 15.1 Å². The van der Waals surface area contributed by atoms with Crippen molar-refractivity contribution in [1.82, 2.24) is 24.8 Å². The summed E-state index contributed by atoms with van der Waals surface area (Å²) in [5.74, 6) is 1.39. The summed E-state index contributed by atoms with van der Waals surface area (Å²) in [7, 11) is 4.35. The van der Waals surface area contributed by atoms with Crippen LogP contribution >= 0.6 is 0 Å². The van der Waals surface area contributed by atoms with Crippen LogP contribution in [0.2, 0.25) is 0 Å². The molecule has 2 aliphatic carbocycles. The first-order chi connectivity index (χ1) is 17.3. The van der Waals surface area contributed by atoms with E-state index < -0.39 is 0 Å². The molecule has 0 bridgehead atoms. The Hall–Kier alpha value is -3.06. The molecule has 36 heavy (non-hydrogen) atoms. The van der Waals surface area contributed by atoms with Gasteiger partial charge in [0, 0.05) is 48.7 Å². The van der Waals surface area contributed by atoms with E-state index in [9.17, 15) is 0 Å². The molecule has 2 fully saturated rings. The van der Waals surface area contributed by atoms with Gasteiger partial charge in [-0.15, -0.1) is 0 Å². The number of nitrogens with zero attached hydrogens (tertiary/aromatic N) is 6. The molecule has 0 amide bonds. The highest BCUT2D eigenvalue weighted by Crippen LogP contribution is 2.57. The van der Waals surface area contributed by atoms with Crippen LogP contribution in [0.1, 0.15) is 63.6 Å². The van der Waals surface area contributed by atoms with Crippen LogP contribution in [0.25, 0.3) is 11.1 Å². The highest BCUT2D eigenvalue weighted by molar-refractivity contribution is 5.79. The predicted molar refractivity (Wildman–Crippen MR) is 145 cm³/mol. The summed E-state index contributed by atoms with van der Waals surface area (Å²) in [5, 5.41) is 3.38. The summed E-state index contributed by atoms with van der Waals surface area (Å²) in [4.78, 5) is 23.8. The van der Waals surface area contributed by atoms with E-state index in [1.807, 2.05) is 24.7 Å². The van der Waals surface area contributed by atoms with E-state index >= 15 is 0 Å². The van der Waals surface area contributed by atoms with E-state index in [2.05, 4.69) is 66.4 Å². The Kier molecular flexibility index (Phi) is 5.71. The van der Waals surface area contributed by atoms with Crippen molar-refractivity contribution in [2.45, 2.75) is 63.8 Å². The van der Waals surface area contributed by atoms with Crippen LogP contribution in [0.3, 0.4) is 0 Å². The van der Waals surface area contributed by atoms with Crippen LogP contribution in [0, 0.1) is 5.41 Å². The van der Waals surface area contributed by atoms with Crippen molar-refractivity contribution in [2.75, 3.05) is 37.4 Å². The van der Waals surface area contributed by atoms with Crippen molar-refractivity contribution < 1.29 is 0 Å². The van der Waals surface area contributed by atoms with Gasteiger partial charge in [0.2, 0.25) is 5.95 Å². The lowest BCUT2D eigenvalue weighted by Gasteiger charge is -2.42. The van der Waals surface area contributed by atoms with Crippen molar-refractivity contribution in [3.8, 4) is 11.1 Å². The minimum absolute atomic E-state index is 0.0657. The third kappa shape index (κ3) is 4.03. The van der Waals surface area contributed by atoms with E-state index in [0.29, 0.717) is 17.4 Å². The number of anilines is 3. The Balaban J connectivity index is 1.23. The molecule has 1 aliphatic heterocycles. The Morgan fingerprint density at radius 1 is 0.917 bits per heavy atom. The number of hydrogen-bond acceptors (Lipinski definition) is 7. The van der Waals surface area contributed by atoms with Crippen LogP contribution in [0.5, 0.6) is 0 Å². The van der Waals surface area contributed by atoms with E-state index in [0.717, 1.165) is 43.0 Å². The smallest absolute Gasteiger partial charge is 0.228 e. The maximum absolute atomic E-state index is 5.12. The van der Waals surface area contributed by atoms with Crippen LogP contribution in [0.15, 0.2) is 43.0 Å². The van der Waals surface area contributed by atoms with Crippen LogP contribution in [0.4, 0.5) is 17.5 Å². The SMILES string of the molecule is CN(C)C1CCN(c2ccc(Nc3ncc4c(n3)C3(CCC(C)(C)CC3)c3cnccc3-4)nc2)CC1. The molecule has 7 heteroatoms. The number of hydrogen-bond donors (Lipinski definition) is 1. The molecule has 0 atom stereocenters. The minimum atomic E-state index is -0.0657. The Morgan fingerprint density at radius 2 is 1.69 bits per heavy atom. The Bertz CT molecular complexity index is 1230. The van der Waals surface area contributed by atoms with Gasteiger partial charge in [-0.3, -0.25) is 4.98 Å². The monoisotopic (exact) mass is 483 g/mol. The van der Waals surface area contributed by atoms with Crippen LogP contribution < -0.4 is 10.2 Å². The summed E-state index contributed by atoms with van der Waals surface area (Å²) in [6.07, 6.45) is 14.8. The van der Waals surface area contributed by atoms with E-state index in [4.69, 9.17) is 15.0 Å². The summed E-state index contributed by atoms with van der Waals surface area (Å²) in [6.45, 7) is 6.90. The Morgan fingerprint density at radius 3 is 2.39 bits per heavy atom. The van der Waals surface area contributed by atoms with E-state index in [-0.39, 0.29) is 5.41 Å². The molecule has 7 nitrogen and oxygen atoms in total. The van der Waals surface area contributed by atoms with Gasteiger partial charge in [-0.1, -0.05) is 13.8 Å². The first-order valence-electron chi connectivity index (χ1n) is 13.3. The standard InChI is InChI=1S/C29H37N7/c1-28(2)10-12-29(13-11-28)24-19-30-14-7-22(24)23-18-32-27(34-26(23)29)33-25-6-5-21(17-31-25)36-15-8-20(9-16-36)35(3)4/h5-7,14,17-20H,8-13,15-16H2,1-4H3,(H,31,32,33,34). The van der Waals surface area contributed by atoms with Gasteiger partial charge in [-0.25, -0.2) is 15.0 Å². The molecular weight excluding hydrogens is 446 g/mol. The van der Waals surface area contributed by atoms with Gasteiger partial charge in [0.1, 0.15) is 5.82 Å². The van der Waals surface area contributed by atoms with E-state index in [1.165, 1.54) is 42.5 Å². The molecule has 3 aromatic heterocycles. The topological polar surface area (TPSA) is 70.1 Å². The quantitative estimate of drug-likeness (QED) is 0.532. The molecule has 1 spiro atoms. The molecule has 0 radical (unpaired) electrons. The largest absolute Gasteiger partial charge is 0.370 e. The third-order valence-corrected chi connectivity index (χ3v) is 8.87. The van der Waals surface area contributed by atoms with Crippen molar-refractivity contribution >= 4 is 17.5 Å². The predicted octanol–water partition coefficient (Wildman–Crippen LogP) is 5.41. The Labute approximate surface area is 214 Å². The molecule has 1 saturated carbocycles. The molecule has 1 saturated heterocycles. The second-order valence-corrected chi connectivity index (χ2v) is 11.8. The summed E-state index contributed by atoms with van der Waals surface area (Å²) in [6, 6.07) is 7.00. The zero-order valence-corrected chi connectivity index (χ0v) is 22.0. The fourth-order valence-electron chi connectivity index (χ4n) is 6.40. The summed E-state index contributed by atoms with van der Waals surface area (Å²) < 4.78 is 0. The summed E-state index contributed by atoms with van der Waals surface area (Å²) in [5.41, 5.74) is 6.36. The fraction of sp³-hybridized carbons (Fsp3) is 0.517. The molecule has 3 aromatic rings. The van der Waals surface area contributed by atoms with Crippen molar-refractivity contribution in [3.63, 3.8) is 0 Å². The maximum atomic E-state index is 5.12. The van der Waals surface area contributed by atoms with Crippen LogP contribution in [-0.4, -0.2) is 58.1 Å². The average Bonchev–Trinajstić information content (AvgIpc) is 3.16. The van der Waals surface area contributed by atoms with Gasteiger partial charge in [-0.05, 0) is 87.4 Å². The first kappa shape index (κ1) is 23.3. The van der Waals surface area contributed by atoms with E-state index in [1.54, 1.807) is 0 Å². The molecule has 4 heterocycles. The highest BCUT2D eigenvalue weighted by Gasteiger charge is 2.48. The number of piperidine rings is 1. The van der Waals surface area contributed by atoms with Crippen molar-refractivity contribution in [1.29, 1.82) is 0 Å². The normalized spacial score (nSPS) is 20.4. The molecule has 0 aromatic carbocycles. The van der Waals surface area contributed by atoms with Gasteiger partial charge in [0.05, 0.1) is 17.6 Å². The zero-order chi connectivity index (χ0) is 24.9. The number of fused-ring (bicyclic) bond motifs is 5. The summed E-state index contributed by atoms with van der Waals surface area (Å²) >= 11 is 0. The lowest BCUT2D eigenvalue weighted by atomic mass is 9.62.